The van der Waals surface area contributed by atoms with Gasteiger partial charge in [-0.1, -0.05) is 133 Å². The standard InChI is InChI=1S/C49H29N5/c1-3-16-30(17-4-1)48-51-38-26-15-29-50-45(38)49(52-48)54-40-28-14-12-25-37(40)43-44-41(33-21-8-10-23-35(33)47(43)54)32-20-7-9-22-34(32)46-42(44)36-24-11-13-27-39(36)53(46)31-18-5-2-6-19-31/h1-29H. The Hall–Kier alpha value is -7.37. The molecule has 4 aromatic heterocycles. The maximum absolute atomic E-state index is 5.39. The number of para-hydroxylation sites is 3. The second-order valence-corrected chi connectivity index (χ2v) is 13.9. The third-order valence-corrected chi connectivity index (χ3v) is 11.1. The Morgan fingerprint density at radius 1 is 0.370 bits per heavy atom. The van der Waals surface area contributed by atoms with E-state index >= 15 is 0 Å². The Labute approximate surface area is 309 Å². The first-order chi connectivity index (χ1) is 26.8. The zero-order chi connectivity index (χ0) is 35.3. The second-order valence-electron chi connectivity index (χ2n) is 13.9. The normalized spacial score (nSPS) is 12.1. The minimum Gasteiger partial charge on any atom is -0.309 e. The molecule has 0 spiro atoms. The van der Waals surface area contributed by atoms with Gasteiger partial charge in [-0.2, -0.15) is 0 Å². The molecule has 54 heavy (non-hydrogen) atoms. The first kappa shape index (κ1) is 29.2. The van der Waals surface area contributed by atoms with Gasteiger partial charge in [0.1, 0.15) is 5.52 Å². The molecule has 0 aliphatic carbocycles. The largest absolute Gasteiger partial charge is 0.309 e. The van der Waals surface area contributed by atoms with E-state index in [0.29, 0.717) is 5.82 Å². The number of hydrogen-bond donors (Lipinski definition) is 0. The average molecular weight is 688 g/mol. The molecule has 12 aromatic rings. The van der Waals surface area contributed by atoms with Crippen molar-refractivity contribution in [2.75, 3.05) is 0 Å². The van der Waals surface area contributed by atoms with Crippen molar-refractivity contribution in [2.45, 2.75) is 0 Å². The van der Waals surface area contributed by atoms with Crippen LogP contribution in [0, 0.1) is 0 Å². The summed E-state index contributed by atoms with van der Waals surface area (Å²) in [5, 5.41) is 12.2. The smallest absolute Gasteiger partial charge is 0.168 e. The molecule has 0 aliphatic rings. The van der Waals surface area contributed by atoms with E-state index in [1.54, 1.807) is 0 Å². The lowest BCUT2D eigenvalue weighted by molar-refractivity contribution is 1.06. The number of benzene rings is 8. The third kappa shape index (κ3) is 3.90. The van der Waals surface area contributed by atoms with Crippen LogP contribution in [0.25, 0.3) is 110 Å². The second kappa shape index (κ2) is 11.1. The van der Waals surface area contributed by atoms with Gasteiger partial charge in [0, 0.05) is 55.2 Å². The van der Waals surface area contributed by atoms with Crippen LogP contribution in [0.2, 0.25) is 0 Å². The van der Waals surface area contributed by atoms with E-state index < -0.39 is 0 Å². The van der Waals surface area contributed by atoms with Crippen molar-refractivity contribution in [1.29, 1.82) is 0 Å². The van der Waals surface area contributed by atoms with Gasteiger partial charge in [0.15, 0.2) is 11.6 Å². The van der Waals surface area contributed by atoms with E-state index in [-0.39, 0.29) is 0 Å². The zero-order valence-electron chi connectivity index (χ0n) is 29.0. The maximum Gasteiger partial charge on any atom is 0.168 e. The Kier molecular flexibility index (Phi) is 5.99. The van der Waals surface area contributed by atoms with Crippen molar-refractivity contribution < 1.29 is 0 Å². The van der Waals surface area contributed by atoms with Crippen LogP contribution in [0.3, 0.4) is 0 Å². The van der Waals surface area contributed by atoms with Gasteiger partial charge in [-0.3, -0.25) is 9.55 Å². The Morgan fingerprint density at radius 3 is 1.54 bits per heavy atom. The van der Waals surface area contributed by atoms with Gasteiger partial charge in [-0.05, 0) is 52.6 Å². The predicted octanol–water partition coefficient (Wildman–Crippen LogP) is 12.3. The van der Waals surface area contributed by atoms with Gasteiger partial charge in [-0.25, -0.2) is 9.97 Å². The van der Waals surface area contributed by atoms with Gasteiger partial charge >= 0.3 is 0 Å². The first-order valence-corrected chi connectivity index (χ1v) is 18.3. The summed E-state index contributed by atoms with van der Waals surface area (Å²) in [4.78, 5) is 15.4. The predicted molar refractivity (Wildman–Crippen MR) is 224 cm³/mol. The summed E-state index contributed by atoms with van der Waals surface area (Å²) in [7, 11) is 0. The third-order valence-electron chi connectivity index (χ3n) is 11.1. The lowest BCUT2D eigenvalue weighted by atomic mass is 9.89. The van der Waals surface area contributed by atoms with Crippen LogP contribution >= 0.6 is 0 Å². The van der Waals surface area contributed by atoms with E-state index in [9.17, 15) is 0 Å². The molecule has 0 bridgehead atoms. The summed E-state index contributed by atoms with van der Waals surface area (Å²) < 4.78 is 4.81. The first-order valence-electron chi connectivity index (χ1n) is 18.3. The van der Waals surface area contributed by atoms with Gasteiger partial charge in [-0.15, -0.1) is 0 Å². The van der Waals surface area contributed by atoms with Crippen molar-refractivity contribution in [3.8, 4) is 22.9 Å². The highest BCUT2D eigenvalue weighted by Crippen LogP contribution is 2.50. The van der Waals surface area contributed by atoms with Crippen LogP contribution < -0.4 is 0 Å². The fourth-order valence-corrected chi connectivity index (χ4v) is 8.99. The molecule has 0 unspecified atom stereocenters. The lowest BCUT2D eigenvalue weighted by Gasteiger charge is -2.17. The van der Waals surface area contributed by atoms with Crippen LogP contribution in [-0.2, 0) is 0 Å². The van der Waals surface area contributed by atoms with Gasteiger partial charge < -0.3 is 4.57 Å². The van der Waals surface area contributed by atoms with Gasteiger partial charge in [0.2, 0.25) is 0 Å². The molecular formula is C49H29N5. The molecule has 0 aliphatic heterocycles. The quantitative estimate of drug-likeness (QED) is 0.174. The van der Waals surface area contributed by atoms with Crippen molar-refractivity contribution in [3.63, 3.8) is 0 Å². The average Bonchev–Trinajstić information content (AvgIpc) is 3.78. The van der Waals surface area contributed by atoms with E-state index in [1.807, 2.05) is 36.5 Å². The molecule has 8 aromatic carbocycles. The van der Waals surface area contributed by atoms with Crippen molar-refractivity contribution in [2.24, 2.45) is 0 Å². The highest BCUT2D eigenvalue weighted by molar-refractivity contribution is 6.45. The highest BCUT2D eigenvalue weighted by Gasteiger charge is 2.27. The zero-order valence-corrected chi connectivity index (χ0v) is 29.0. The van der Waals surface area contributed by atoms with Crippen LogP contribution in [0.4, 0.5) is 0 Å². The Balaban J connectivity index is 1.40. The van der Waals surface area contributed by atoms with Crippen molar-refractivity contribution >= 4 is 87.0 Å². The summed E-state index contributed by atoms with van der Waals surface area (Å²) in [6.45, 7) is 0. The highest BCUT2D eigenvalue weighted by atomic mass is 15.1. The Morgan fingerprint density at radius 2 is 0.889 bits per heavy atom. The molecule has 0 amide bonds. The summed E-state index contributed by atoms with van der Waals surface area (Å²) in [6.07, 6.45) is 1.84. The molecule has 0 radical (unpaired) electrons. The Bertz CT molecular complexity index is 3490. The van der Waals surface area contributed by atoms with E-state index in [4.69, 9.17) is 15.0 Å². The van der Waals surface area contributed by atoms with Crippen molar-refractivity contribution in [3.05, 3.63) is 176 Å². The van der Waals surface area contributed by atoms with Crippen LogP contribution in [-0.4, -0.2) is 24.1 Å². The molecule has 4 heterocycles. The summed E-state index contributed by atoms with van der Waals surface area (Å²) in [5.74, 6) is 1.43. The summed E-state index contributed by atoms with van der Waals surface area (Å²) >= 11 is 0. The SMILES string of the molecule is c1ccc(-c2nc(-n3c4ccccc4c4c5c(c6ccccc6c6c5c5ccccc5n6-c5ccccc5)c5ccccc5c43)c3ncccc3n2)cc1. The van der Waals surface area contributed by atoms with E-state index in [1.165, 1.54) is 59.5 Å². The van der Waals surface area contributed by atoms with E-state index in [2.05, 4.69) is 149 Å². The van der Waals surface area contributed by atoms with E-state index in [0.717, 1.165) is 44.5 Å². The summed E-state index contributed by atoms with van der Waals surface area (Å²) in [5.41, 5.74) is 8.23. The molecule has 0 fully saturated rings. The minimum absolute atomic E-state index is 0.668. The van der Waals surface area contributed by atoms with Gasteiger partial charge in [0.05, 0.1) is 27.6 Å². The fraction of sp³-hybridized carbons (Fsp3) is 0. The molecule has 12 rings (SSSR count). The number of nitrogens with zero attached hydrogens (tertiary/aromatic N) is 5. The monoisotopic (exact) mass is 687 g/mol. The number of fused-ring (bicyclic) bond motifs is 16. The number of aromatic nitrogens is 5. The molecule has 5 nitrogen and oxygen atoms in total. The van der Waals surface area contributed by atoms with Gasteiger partial charge in [0.25, 0.3) is 0 Å². The van der Waals surface area contributed by atoms with Crippen molar-refractivity contribution in [1.82, 2.24) is 24.1 Å². The number of hydrogen-bond acceptors (Lipinski definition) is 3. The molecule has 250 valence electrons. The molecule has 0 saturated carbocycles. The molecule has 0 saturated heterocycles. The molecule has 0 atom stereocenters. The lowest BCUT2D eigenvalue weighted by Crippen LogP contribution is -2.04. The maximum atomic E-state index is 5.39. The van der Waals surface area contributed by atoms with Crippen LogP contribution in [0.15, 0.2) is 176 Å². The molecular weight excluding hydrogens is 659 g/mol. The topological polar surface area (TPSA) is 48.5 Å². The van der Waals surface area contributed by atoms with Crippen LogP contribution in [0.1, 0.15) is 0 Å². The molecule has 5 heteroatoms. The molecule has 0 N–H and O–H groups in total. The number of rotatable bonds is 3. The minimum atomic E-state index is 0.668. The number of pyridine rings is 1. The summed E-state index contributed by atoms with van der Waals surface area (Å²) in [6, 6.07) is 60.5. The van der Waals surface area contributed by atoms with Crippen LogP contribution in [0.5, 0.6) is 0 Å². The fourth-order valence-electron chi connectivity index (χ4n) is 8.99.